The van der Waals surface area contributed by atoms with Crippen LogP contribution in [0.1, 0.15) is 32.1 Å². The zero-order valence-corrected chi connectivity index (χ0v) is 8.43. The molecule has 0 saturated carbocycles. The first-order valence-electron chi connectivity index (χ1n) is 5.73. The average molecular weight is 183 g/mol. The summed E-state index contributed by atoms with van der Waals surface area (Å²) in [6, 6.07) is 0. The summed E-state index contributed by atoms with van der Waals surface area (Å²) in [6.07, 6.45) is 6.90. The Morgan fingerprint density at radius 2 is 1.77 bits per heavy atom. The van der Waals surface area contributed by atoms with Gasteiger partial charge in [-0.1, -0.05) is 0 Å². The monoisotopic (exact) mass is 183 g/mol. The molecule has 2 fully saturated rings. The van der Waals surface area contributed by atoms with Crippen molar-refractivity contribution in [3.63, 3.8) is 0 Å². The van der Waals surface area contributed by atoms with Crippen LogP contribution in [0.4, 0.5) is 0 Å². The van der Waals surface area contributed by atoms with Crippen molar-refractivity contribution in [2.24, 2.45) is 11.8 Å². The van der Waals surface area contributed by atoms with Gasteiger partial charge in [0.15, 0.2) is 0 Å². The molecule has 2 saturated heterocycles. The van der Waals surface area contributed by atoms with Crippen LogP contribution in [0, 0.1) is 11.8 Å². The topological polar surface area (TPSA) is 21.3 Å². The Morgan fingerprint density at radius 3 is 2.46 bits per heavy atom. The van der Waals surface area contributed by atoms with Gasteiger partial charge >= 0.3 is 0 Å². The van der Waals surface area contributed by atoms with Crippen molar-refractivity contribution in [1.29, 1.82) is 0 Å². The third kappa shape index (κ3) is 2.96. The Balaban J connectivity index is 1.60. The summed E-state index contributed by atoms with van der Waals surface area (Å²) in [6.45, 7) is 4.53. The van der Waals surface area contributed by atoms with Gasteiger partial charge < -0.3 is 10.1 Å². The van der Waals surface area contributed by atoms with Crippen LogP contribution in [-0.4, -0.2) is 26.3 Å². The predicted molar refractivity (Wildman–Crippen MR) is 53.8 cm³/mol. The molecule has 0 aromatic heterocycles. The zero-order valence-electron chi connectivity index (χ0n) is 8.43. The standard InChI is InChI=1S/C11H21NO/c1(2-11-3-6-12-9-11)10-4-7-13-8-5-10/h10-12H,1-9H2. The Labute approximate surface area is 81.0 Å². The predicted octanol–water partition coefficient (Wildman–Crippen LogP) is 1.80. The van der Waals surface area contributed by atoms with Crippen molar-refractivity contribution in [2.45, 2.75) is 32.1 Å². The number of nitrogens with one attached hydrogen (secondary N) is 1. The van der Waals surface area contributed by atoms with Gasteiger partial charge in [0.05, 0.1) is 0 Å². The normalized spacial score (nSPS) is 30.9. The molecule has 1 atom stereocenters. The quantitative estimate of drug-likeness (QED) is 0.720. The van der Waals surface area contributed by atoms with Gasteiger partial charge in [0.2, 0.25) is 0 Å². The van der Waals surface area contributed by atoms with E-state index in [1.165, 1.54) is 45.2 Å². The molecule has 2 aliphatic rings. The molecule has 13 heavy (non-hydrogen) atoms. The van der Waals surface area contributed by atoms with Gasteiger partial charge in [0.1, 0.15) is 0 Å². The maximum absolute atomic E-state index is 5.36. The van der Waals surface area contributed by atoms with Crippen molar-refractivity contribution in [3.8, 4) is 0 Å². The summed E-state index contributed by atoms with van der Waals surface area (Å²) < 4.78 is 5.36. The zero-order chi connectivity index (χ0) is 8.93. The fourth-order valence-electron chi connectivity index (χ4n) is 2.47. The third-order valence-electron chi connectivity index (χ3n) is 3.49. The molecule has 2 aliphatic heterocycles. The molecule has 2 nitrogen and oxygen atoms in total. The Bertz CT molecular complexity index is 137. The minimum absolute atomic E-state index is 0.967. The second kappa shape index (κ2) is 4.97. The van der Waals surface area contributed by atoms with Crippen LogP contribution in [-0.2, 0) is 4.74 Å². The maximum Gasteiger partial charge on any atom is 0.0468 e. The molecule has 0 aromatic rings. The first kappa shape index (κ1) is 9.47. The lowest BCUT2D eigenvalue weighted by Gasteiger charge is -2.22. The van der Waals surface area contributed by atoms with Crippen molar-refractivity contribution in [2.75, 3.05) is 26.3 Å². The van der Waals surface area contributed by atoms with Gasteiger partial charge in [0, 0.05) is 13.2 Å². The molecule has 76 valence electrons. The van der Waals surface area contributed by atoms with Gasteiger partial charge in [0.25, 0.3) is 0 Å². The van der Waals surface area contributed by atoms with E-state index in [0.29, 0.717) is 0 Å². The lowest BCUT2D eigenvalue weighted by Crippen LogP contribution is -2.17. The van der Waals surface area contributed by atoms with E-state index >= 15 is 0 Å². The fraction of sp³-hybridized carbons (Fsp3) is 1.00. The largest absolute Gasteiger partial charge is 0.381 e. The first-order valence-corrected chi connectivity index (χ1v) is 5.73. The third-order valence-corrected chi connectivity index (χ3v) is 3.49. The highest BCUT2D eigenvalue weighted by Gasteiger charge is 2.18. The molecule has 1 unspecified atom stereocenters. The van der Waals surface area contributed by atoms with E-state index in [1.54, 1.807) is 0 Å². The van der Waals surface area contributed by atoms with Crippen LogP contribution in [0.15, 0.2) is 0 Å². The summed E-state index contributed by atoms with van der Waals surface area (Å²) in [5.41, 5.74) is 0. The van der Waals surface area contributed by atoms with Gasteiger partial charge in [-0.15, -0.1) is 0 Å². The van der Waals surface area contributed by atoms with E-state index in [4.69, 9.17) is 4.74 Å². The minimum Gasteiger partial charge on any atom is -0.381 e. The molecule has 0 amide bonds. The van der Waals surface area contributed by atoms with Crippen LogP contribution >= 0.6 is 0 Å². The number of hydrogen-bond donors (Lipinski definition) is 1. The minimum atomic E-state index is 0.967. The smallest absolute Gasteiger partial charge is 0.0468 e. The molecule has 0 bridgehead atoms. The number of rotatable bonds is 3. The van der Waals surface area contributed by atoms with Crippen LogP contribution < -0.4 is 5.32 Å². The summed E-state index contributed by atoms with van der Waals surface area (Å²) in [7, 11) is 0. The highest BCUT2D eigenvalue weighted by Crippen LogP contribution is 2.24. The fourth-order valence-corrected chi connectivity index (χ4v) is 2.47. The Kier molecular flexibility index (Phi) is 3.62. The van der Waals surface area contributed by atoms with Crippen molar-refractivity contribution < 1.29 is 4.74 Å². The SMILES string of the molecule is C1CC(CCC2CCOCC2)CN1. The van der Waals surface area contributed by atoms with Crippen molar-refractivity contribution in [3.05, 3.63) is 0 Å². The second-order valence-corrected chi connectivity index (χ2v) is 4.49. The van der Waals surface area contributed by atoms with Crippen molar-refractivity contribution in [1.82, 2.24) is 5.32 Å². The molecular weight excluding hydrogens is 162 g/mol. The van der Waals surface area contributed by atoms with Crippen molar-refractivity contribution >= 4 is 0 Å². The van der Waals surface area contributed by atoms with Gasteiger partial charge in [-0.25, -0.2) is 0 Å². The van der Waals surface area contributed by atoms with Crippen LogP contribution in [0.25, 0.3) is 0 Å². The summed E-state index contributed by atoms with van der Waals surface area (Å²) in [5.74, 6) is 1.94. The highest BCUT2D eigenvalue weighted by molar-refractivity contribution is 4.73. The van der Waals surface area contributed by atoms with Gasteiger partial charge in [-0.2, -0.15) is 0 Å². The van der Waals surface area contributed by atoms with Crippen LogP contribution in [0.3, 0.4) is 0 Å². The summed E-state index contributed by atoms with van der Waals surface area (Å²) >= 11 is 0. The molecule has 2 heterocycles. The van der Waals surface area contributed by atoms with E-state index in [1.807, 2.05) is 0 Å². The average Bonchev–Trinajstić information content (AvgIpc) is 2.69. The van der Waals surface area contributed by atoms with E-state index in [0.717, 1.165) is 25.0 Å². The molecule has 2 heteroatoms. The van der Waals surface area contributed by atoms with E-state index < -0.39 is 0 Å². The Morgan fingerprint density at radius 1 is 1.00 bits per heavy atom. The summed E-state index contributed by atoms with van der Waals surface area (Å²) in [4.78, 5) is 0. The van der Waals surface area contributed by atoms with Gasteiger partial charge in [-0.05, 0) is 57.0 Å². The van der Waals surface area contributed by atoms with Crippen LogP contribution in [0.5, 0.6) is 0 Å². The van der Waals surface area contributed by atoms with E-state index in [9.17, 15) is 0 Å². The molecule has 0 radical (unpaired) electrons. The number of hydrogen-bond acceptors (Lipinski definition) is 2. The number of ether oxygens (including phenoxy) is 1. The second-order valence-electron chi connectivity index (χ2n) is 4.49. The lowest BCUT2D eigenvalue weighted by molar-refractivity contribution is 0.0621. The molecule has 2 rings (SSSR count). The van der Waals surface area contributed by atoms with E-state index in [2.05, 4.69) is 5.32 Å². The molecule has 0 spiro atoms. The summed E-state index contributed by atoms with van der Waals surface area (Å²) in [5, 5.41) is 3.44. The maximum atomic E-state index is 5.36. The lowest BCUT2D eigenvalue weighted by atomic mass is 9.90. The van der Waals surface area contributed by atoms with Crippen LogP contribution in [0.2, 0.25) is 0 Å². The molecule has 0 aromatic carbocycles. The molecule has 1 N–H and O–H groups in total. The van der Waals surface area contributed by atoms with E-state index in [-0.39, 0.29) is 0 Å². The molecule has 0 aliphatic carbocycles. The Hall–Kier alpha value is -0.0800. The van der Waals surface area contributed by atoms with Gasteiger partial charge in [-0.3, -0.25) is 0 Å². The first-order chi connectivity index (χ1) is 6.45. The molecular formula is C11H21NO. The highest BCUT2D eigenvalue weighted by atomic mass is 16.5.